The Bertz CT molecular complexity index is 1140. The number of nitrogens with zero attached hydrogens (tertiary/aromatic N) is 3. The van der Waals surface area contributed by atoms with E-state index in [9.17, 15) is 23.9 Å². The number of pyridine rings is 1. The Morgan fingerprint density at radius 2 is 2.00 bits per heavy atom. The highest BCUT2D eigenvalue weighted by molar-refractivity contribution is 5.96. The minimum absolute atomic E-state index is 0.0348. The SMILES string of the molecule is CN(O)C(=O)c1cc2c(CNC3(CO)CCCC3)cn(Cc3ccc(F)cc3F)c2cn1. The summed E-state index contributed by atoms with van der Waals surface area (Å²) in [5, 5.41) is 24.1. The van der Waals surface area contributed by atoms with Crippen LogP contribution in [0.2, 0.25) is 0 Å². The first-order valence-electron chi connectivity index (χ1n) is 10.6. The second-order valence-electron chi connectivity index (χ2n) is 8.43. The lowest BCUT2D eigenvalue weighted by Gasteiger charge is -2.28. The maximum Gasteiger partial charge on any atom is 0.295 e. The molecular weight excluding hydrogens is 418 g/mol. The Hall–Kier alpha value is -2.88. The Labute approximate surface area is 184 Å². The predicted octanol–water partition coefficient (Wildman–Crippen LogP) is 3.22. The minimum Gasteiger partial charge on any atom is -0.394 e. The average Bonchev–Trinajstić information content (AvgIpc) is 3.38. The highest BCUT2D eigenvalue weighted by atomic mass is 19.1. The van der Waals surface area contributed by atoms with Crippen molar-refractivity contribution in [2.45, 2.75) is 44.3 Å². The summed E-state index contributed by atoms with van der Waals surface area (Å²) in [5.74, 6) is -1.93. The van der Waals surface area contributed by atoms with Gasteiger partial charge in [0, 0.05) is 42.3 Å². The van der Waals surface area contributed by atoms with Crippen LogP contribution in [0.4, 0.5) is 8.78 Å². The number of halogens is 2. The minimum atomic E-state index is -0.647. The number of rotatable bonds is 7. The van der Waals surface area contributed by atoms with Gasteiger partial charge in [0.2, 0.25) is 0 Å². The molecule has 1 saturated carbocycles. The van der Waals surface area contributed by atoms with Gasteiger partial charge < -0.3 is 15.0 Å². The molecule has 9 heteroatoms. The van der Waals surface area contributed by atoms with E-state index in [4.69, 9.17) is 0 Å². The Morgan fingerprint density at radius 1 is 1.25 bits per heavy atom. The topological polar surface area (TPSA) is 90.6 Å². The number of aliphatic hydroxyl groups excluding tert-OH is 1. The third-order valence-electron chi connectivity index (χ3n) is 6.24. The van der Waals surface area contributed by atoms with Gasteiger partial charge in [0.05, 0.1) is 24.9 Å². The number of hydroxylamine groups is 2. The molecule has 7 nitrogen and oxygen atoms in total. The van der Waals surface area contributed by atoms with Gasteiger partial charge in [-0.2, -0.15) is 0 Å². The summed E-state index contributed by atoms with van der Waals surface area (Å²) in [5.41, 5.74) is 1.58. The van der Waals surface area contributed by atoms with Crippen LogP contribution in [0.5, 0.6) is 0 Å². The third kappa shape index (κ3) is 4.36. The zero-order valence-corrected chi connectivity index (χ0v) is 17.8. The van der Waals surface area contributed by atoms with Crippen molar-refractivity contribution in [2.75, 3.05) is 13.7 Å². The van der Waals surface area contributed by atoms with Crippen LogP contribution in [0.3, 0.4) is 0 Å². The molecule has 1 amide bonds. The van der Waals surface area contributed by atoms with Gasteiger partial charge in [-0.3, -0.25) is 10.0 Å². The van der Waals surface area contributed by atoms with Crippen molar-refractivity contribution in [3.8, 4) is 0 Å². The molecule has 1 fully saturated rings. The first-order valence-corrected chi connectivity index (χ1v) is 10.6. The molecule has 32 heavy (non-hydrogen) atoms. The number of fused-ring (bicyclic) bond motifs is 1. The lowest BCUT2D eigenvalue weighted by Crippen LogP contribution is -2.45. The predicted molar refractivity (Wildman–Crippen MR) is 114 cm³/mol. The number of carbonyl (C=O) groups is 1. The van der Waals surface area contributed by atoms with Crippen LogP contribution >= 0.6 is 0 Å². The van der Waals surface area contributed by atoms with Crippen LogP contribution in [0.1, 0.15) is 47.3 Å². The first kappa shape index (κ1) is 22.3. The molecule has 1 aliphatic rings. The molecule has 1 aromatic carbocycles. The van der Waals surface area contributed by atoms with E-state index < -0.39 is 17.5 Å². The van der Waals surface area contributed by atoms with Crippen molar-refractivity contribution in [1.29, 1.82) is 0 Å². The van der Waals surface area contributed by atoms with Crippen LogP contribution in [0, 0.1) is 11.6 Å². The molecule has 0 spiro atoms. The molecule has 0 radical (unpaired) electrons. The molecule has 2 aromatic heterocycles. The molecule has 3 N–H and O–H groups in total. The van der Waals surface area contributed by atoms with Gasteiger partial charge >= 0.3 is 0 Å². The zero-order chi connectivity index (χ0) is 22.9. The second-order valence-corrected chi connectivity index (χ2v) is 8.43. The van der Waals surface area contributed by atoms with E-state index in [0.29, 0.717) is 22.7 Å². The summed E-state index contributed by atoms with van der Waals surface area (Å²) in [6, 6.07) is 5.06. The zero-order valence-electron chi connectivity index (χ0n) is 17.8. The molecular formula is C23H26F2N4O3. The fraction of sp³-hybridized carbons (Fsp3) is 0.391. The highest BCUT2D eigenvalue weighted by Gasteiger charge is 2.32. The molecule has 3 aromatic rings. The largest absolute Gasteiger partial charge is 0.394 e. The summed E-state index contributed by atoms with van der Waals surface area (Å²) in [6.45, 7) is 0.623. The van der Waals surface area contributed by atoms with Crippen LogP contribution in [-0.2, 0) is 13.1 Å². The fourth-order valence-electron chi connectivity index (χ4n) is 4.37. The second kappa shape index (κ2) is 8.93. The summed E-state index contributed by atoms with van der Waals surface area (Å²) < 4.78 is 29.4. The van der Waals surface area contributed by atoms with Crippen molar-refractivity contribution < 1.29 is 23.9 Å². The number of aromatic nitrogens is 2. The van der Waals surface area contributed by atoms with E-state index in [0.717, 1.165) is 42.7 Å². The average molecular weight is 444 g/mol. The fourth-order valence-corrected chi connectivity index (χ4v) is 4.37. The van der Waals surface area contributed by atoms with Crippen molar-refractivity contribution in [3.05, 3.63) is 65.1 Å². The van der Waals surface area contributed by atoms with Crippen molar-refractivity contribution in [3.63, 3.8) is 0 Å². The van der Waals surface area contributed by atoms with Crippen molar-refractivity contribution in [2.24, 2.45) is 0 Å². The monoisotopic (exact) mass is 444 g/mol. The van der Waals surface area contributed by atoms with Crippen molar-refractivity contribution >= 4 is 16.8 Å². The van der Waals surface area contributed by atoms with Crippen LogP contribution in [0.25, 0.3) is 10.9 Å². The van der Waals surface area contributed by atoms with Gasteiger partial charge in [0.1, 0.15) is 17.3 Å². The summed E-state index contributed by atoms with van der Waals surface area (Å²) in [4.78, 5) is 16.4. The number of aliphatic hydroxyl groups is 1. The number of hydrogen-bond acceptors (Lipinski definition) is 5. The van der Waals surface area contributed by atoms with Crippen molar-refractivity contribution in [1.82, 2.24) is 19.9 Å². The number of nitrogens with one attached hydrogen (secondary N) is 1. The normalized spacial score (nSPS) is 15.4. The van der Waals surface area contributed by atoms with Gasteiger partial charge in [0.15, 0.2) is 0 Å². The van der Waals surface area contributed by atoms with E-state index in [1.807, 2.05) is 6.20 Å². The van der Waals surface area contributed by atoms with E-state index >= 15 is 0 Å². The maximum atomic E-state index is 14.3. The number of benzene rings is 1. The van der Waals surface area contributed by atoms with Crippen LogP contribution in [0.15, 0.2) is 36.7 Å². The lowest BCUT2D eigenvalue weighted by molar-refractivity contribution is -0.0379. The van der Waals surface area contributed by atoms with E-state index in [1.165, 1.54) is 25.4 Å². The van der Waals surface area contributed by atoms with E-state index in [-0.39, 0.29) is 24.4 Å². The lowest BCUT2D eigenvalue weighted by atomic mass is 9.98. The van der Waals surface area contributed by atoms with Crippen LogP contribution in [-0.4, -0.2) is 50.0 Å². The van der Waals surface area contributed by atoms with Gasteiger partial charge in [-0.1, -0.05) is 18.9 Å². The highest BCUT2D eigenvalue weighted by Crippen LogP contribution is 2.31. The Kier molecular flexibility index (Phi) is 6.23. The molecule has 4 rings (SSSR count). The van der Waals surface area contributed by atoms with Gasteiger partial charge in [-0.25, -0.2) is 18.8 Å². The third-order valence-corrected chi connectivity index (χ3v) is 6.24. The van der Waals surface area contributed by atoms with E-state index in [1.54, 1.807) is 10.6 Å². The molecule has 0 unspecified atom stereocenters. The molecule has 0 bridgehead atoms. The Morgan fingerprint density at radius 3 is 2.66 bits per heavy atom. The van der Waals surface area contributed by atoms with Gasteiger partial charge in [-0.05, 0) is 30.5 Å². The Balaban J connectivity index is 1.72. The molecule has 1 aliphatic carbocycles. The van der Waals surface area contributed by atoms with E-state index in [2.05, 4.69) is 10.3 Å². The number of amides is 1. The first-order chi connectivity index (χ1) is 15.3. The summed E-state index contributed by atoms with van der Waals surface area (Å²) in [7, 11) is 1.23. The molecule has 0 atom stereocenters. The molecule has 170 valence electrons. The standard InChI is InChI=1S/C23H26F2N4O3/c1-28(32)22(31)20-9-18-16(10-27-23(14-30)6-2-3-7-23)13-29(21(18)11-26-20)12-15-4-5-17(24)8-19(15)25/h4-5,8-9,11,13,27,30,32H,2-3,6-7,10,12,14H2,1H3. The summed E-state index contributed by atoms with van der Waals surface area (Å²) >= 11 is 0. The molecule has 0 saturated heterocycles. The number of hydrogen-bond donors (Lipinski definition) is 3. The molecule has 2 heterocycles. The maximum absolute atomic E-state index is 14.3. The quantitative estimate of drug-likeness (QED) is 0.385. The smallest absolute Gasteiger partial charge is 0.295 e. The van der Waals surface area contributed by atoms with Crippen LogP contribution < -0.4 is 5.32 Å². The van der Waals surface area contributed by atoms with Gasteiger partial charge in [-0.15, -0.1) is 0 Å². The number of carbonyl (C=O) groups excluding carboxylic acids is 1. The van der Waals surface area contributed by atoms with Gasteiger partial charge in [0.25, 0.3) is 5.91 Å². The molecule has 0 aliphatic heterocycles. The summed E-state index contributed by atoms with van der Waals surface area (Å²) in [6.07, 6.45) is 7.20.